The molecule has 0 saturated heterocycles. The number of aromatic nitrogens is 3. The number of nitrogens with one attached hydrogen (secondary N) is 1. The lowest BCUT2D eigenvalue weighted by Crippen LogP contribution is -2.27. The molecule has 0 atom stereocenters. The highest BCUT2D eigenvalue weighted by molar-refractivity contribution is 5.90. The Bertz CT molecular complexity index is 973. The number of rotatable bonds is 4. The molecule has 26 heavy (non-hydrogen) atoms. The molecule has 5 heteroatoms. The average molecular weight is 348 g/mol. The van der Waals surface area contributed by atoms with Gasteiger partial charge in [-0.2, -0.15) is 0 Å². The van der Waals surface area contributed by atoms with E-state index in [4.69, 9.17) is 0 Å². The molecule has 0 radical (unpaired) electrons. The van der Waals surface area contributed by atoms with Gasteiger partial charge in [0.25, 0.3) is 0 Å². The minimum Gasteiger partial charge on any atom is -0.358 e. The molecule has 1 aromatic carbocycles. The molecule has 2 aromatic heterocycles. The van der Waals surface area contributed by atoms with Gasteiger partial charge in [0.15, 0.2) is 0 Å². The third-order valence-electron chi connectivity index (χ3n) is 5.00. The molecule has 3 aromatic rings. The molecule has 1 aliphatic rings. The number of carbonyl (C=O) groups is 1. The maximum absolute atomic E-state index is 12.9. The maximum Gasteiger partial charge on any atom is 0.227 e. The second-order valence-electron chi connectivity index (χ2n) is 7.56. The number of benzene rings is 1. The highest BCUT2D eigenvalue weighted by atomic mass is 16.2. The van der Waals surface area contributed by atoms with Crippen molar-refractivity contribution < 1.29 is 4.79 Å². The fourth-order valence-corrected chi connectivity index (χ4v) is 3.66. The number of hydrogen-bond donors (Lipinski definition) is 1. The van der Waals surface area contributed by atoms with Crippen molar-refractivity contribution in [3.63, 3.8) is 0 Å². The summed E-state index contributed by atoms with van der Waals surface area (Å²) in [5, 5.41) is 1.13. The Morgan fingerprint density at radius 1 is 1.27 bits per heavy atom. The number of para-hydroxylation sites is 1. The van der Waals surface area contributed by atoms with Gasteiger partial charge in [-0.1, -0.05) is 32.0 Å². The summed E-state index contributed by atoms with van der Waals surface area (Å²) in [4.78, 5) is 27.3. The summed E-state index contributed by atoms with van der Waals surface area (Å²) >= 11 is 0. The zero-order valence-electron chi connectivity index (χ0n) is 15.5. The Hall–Kier alpha value is -2.69. The van der Waals surface area contributed by atoms with Gasteiger partial charge in [0.2, 0.25) is 5.91 Å². The van der Waals surface area contributed by atoms with E-state index in [-0.39, 0.29) is 5.91 Å². The van der Waals surface area contributed by atoms with Crippen molar-refractivity contribution in [2.45, 2.75) is 46.7 Å². The van der Waals surface area contributed by atoms with Gasteiger partial charge in [-0.3, -0.25) is 4.79 Å². The molecule has 3 heterocycles. The van der Waals surface area contributed by atoms with E-state index in [0.717, 1.165) is 45.7 Å². The van der Waals surface area contributed by atoms with Crippen LogP contribution >= 0.6 is 0 Å². The lowest BCUT2D eigenvalue weighted by molar-refractivity contribution is -0.131. The summed E-state index contributed by atoms with van der Waals surface area (Å²) in [6.45, 7) is 7.55. The van der Waals surface area contributed by atoms with Crippen molar-refractivity contribution in [3.05, 3.63) is 58.8 Å². The number of H-pyrrole nitrogens is 1. The molecule has 1 amide bonds. The highest BCUT2D eigenvalue weighted by Gasteiger charge is 2.26. The standard InChI is InChI=1S/C21H24N4O/c1-13(2)8-20-22-10-15-11-25(12-19(15)24-20)21(26)9-17-14(3)23-18-7-5-4-6-16(17)18/h4-7,10,13,23H,8-9,11-12H2,1-3H3. The lowest BCUT2D eigenvalue weighted by atomic mass is 10.1. The number of fused-ring (bicyclic) bond motifs is 2. The number of aryl methyl sites for hydroxylation is 1. The predicted octanol–water partition coefficient (Wildman–Crippen LogP) is 3.55. The van der Waals surface area contributed by atoms with E-state index < -0.39 is 0 Å². The maximum atomic E-state index is 12.9. The Morgan fingerprint density at radius 2 is 2.08 bits per heavy atom. The van der Waals surface area contributed by atoms with Crippen LogP contribution in [0.1, 0.15) is 42.2 Å². The van der Waals surface area contributed by atoms with E-state index >= 15 is 0 Å². The summed E-state index contributed by atoms with van der Waals surface area (Å²) in [7, 11) is 0. The number of carbonyl (C=O) groups excluding carboxylic acids is 1. The second kappa shape index (κ2) is 6.56. The molecule has 0 bridgehead atoms. The minimum absolute atomic E-state index is 0.140. The van der Waals surface area contributed by atoms with E-state index in [2.05, 4.69) is 34.9 Å². The quantitative estimate of drug-likeness (QED) is 0.784. The molecular weight excluding hydrogens is 324 g/mol. The molecule has 0 spiro atoms. The van der Waals surface area contributed by atoms with Crippen LogP contribution in [0.4, 0.5) is 0 Å². The topological polar surface area (TPSA) is 61.9 Å². The Kier molecular flexibility index (Phi) is 4.23. The molecule has 1 N–H and O–H groups in total. The Labute approximate surface area is 153 Å². The first kappa shape index (κ1) is 16.8. The molecule has 1 aliphatic heterocycles. The molecule has 4 rings (SSSR count). The van der Waals surface area contributed by atoms with Gasteiger partial charge in [0, 0.05) is 41.3 Å². The van der Waals surface area contributed by atoms with Crippen LogP contribution in [-0.2, 0) is 30.7 Å². The van der Waals surface area contributed by atoms with Crippen molar-refractivity contribution >= 4 is 16.8 Å². The van der Waals surface area contributed by atoms with Gasteiger partial charge in [-0.25, -0.2) is 9.97 Å². The molecule has 0 saturated carbocycles. The summed E-state index contributed by atoms with van der Waals surface area (Å²) in [5.74, 6) is 1.54. The smallest absolute Gasteiger partial charge is 0.227 e. The van der Waals surface area contributed by atoms with Gasteiger partial charge in [0.1, 0.15) is 5.82 Å². The van der Waals surface area contributed by atoms with Crippen LogP contribution in [0.15, 0.2) is 30.5 Å². The molecular formula is C21H24N4O. The van der Waals surface area contributed by atoms with E-state index in [1.807, 2.05) is 36.2 Å². The van der Waals surface area contributed by atoms with Crippen molar-refractivity contribution in [1.82, 2.24) is 19.9 Å². The third kappa shape index (κ3) is 3.09. The van der Waals surface area contributed by atoms with Crippen molar-refractivity contribution in [3.8, 4) is 0 Å². The SMILES string of the molecule is Cc1[nH]c2ccccc2c1CC(=O)N1Cc2cnc(CC(C)C)nc2C1. The Morgan fingerprint density at radius 3 is 2.88 bits per heavy atom. The van der Waals surface area contributed by atoms with Gasteiger partial charge in [0.05, 0.1) is 18.7 Å². The number of nitrogens with zero attached hydrogens (tertiary/aromatic N) is 3. The van der Waals surface area contributed by atoms with E-state index in [0.29, 0.717) is 25.4 Å². The first-order chi connectivity index (χ1) is 12.5. The van der Waals surface area contributed by atoms with Crippen LogP contribution in [0.25, 0.3) is 10.9 Å². The van der Waals surface area contributed by atoms with Crippen LogP contribution in [0, 0.1) is 12.8 Å². The monoisotopic (exact) mass is 348 g/mol. The number of amides is 1. The number of hydrogen-bond acceptors (Lipinski definition) is 3. The summed E-state index contributed by atoms with van der Waals surface area (Å²) < 4.78 is 0. The van der Waals surface area contributed by atoms with Crippen molar-refractivity contribution in [2.24, 2.45) is 5.92 Å². The van der Waals surface area contributed by atoms with Gasteiger partial charge < -0.3 is 9.88 Å². The first-order valence-electron chi connectivity index (χ1n) is 9.19. The normalized spacial score (nSPS) is 13.6. The average Bonchev–Trinajstić information content (AvgIpc) is 3.15. The van der Waals surface area contributed by atoms with Crippen molar-refractivity contribution in [1.29, 1.82) is 0 Å². The van der Waals surface area contributed by atoms with E-state index in [1.165, 1.54) is 0 Å². The molecule has 0 fully saturated rings. The second-order valence-corrected chi connectivity index (χ2v) is 7.56. The lowest BCUT2D eigenvalue weighted by Gasteiger charge is -2.15. The zero-order valence-corrected chi connectivity index (χ0v) is 15.5. The number of aromatic amines is 1. The fourth-order valence-electron chi connectivity index (χ4n) is 3.66. The van der Waals surface area contributed by atoms with Crippen LogP contribution < -0.4 is 0 Å². The van der Waals surface area contributed by atoms with Gasteiger partial charge >= 0.3 is 0 Å². The van der Waals surface area contributed by atoms with Crippen LogP contribution in [0.3, 0.4) is 0 Å². The third-order valence-corrected chi connectivity index (χ3v) is 5.00. The predicted molar refractivity (Wildman–Crippen MR) is 102 cm³/mol. The molecule has 0 unspecified atom stereocenters. The molecule has 0 aliphatic carbocycles. The summed E-state index contributed by atoms with van der Waals surface area (Å²) in [6, 6.07) is 8.15. The molecule has 134 valence electrons. The summed E-state index contributed by atoms with van der Waals surface area (Å²) in [6.07, 6.45) is 3.18. The zero-order chi connectivity index (χ0) is 18.3. The van der Waals surface area contributed by atoms with Gasteiger partial charge in [-0.15, -0.1) is 0 Å². The van der Waals surface area contributed by atoms with E-state index in [1.54, 1.807) is 0 Å². The molecule has 5 nitrogen and oxygen atoms in total. The fraction of sp³-hybridized carbons (Fsp3) is 0.381. The van der Waals surface area contributed by atoms with Crippen LogP contribution in [-0.4, -0.2) is 25.8 Å². The summed E-state index contributed by atoms with van der Waals surface area (Å²) in [5.41, 5.74) is 5.31. The largest absolute Gasteiger partial charge is 0.358 e. The van der Waals surface area contributed by atoms with Crippen molar-refractivity contribution in [2.75, 3.05) is 0 Å². The Balaban J connectivity index is 1.51. The van der Waals surface area contributed by atoms with Crippen LogP contribution in [0.5, 0.6) is 0 Å². The minimum atomic E-state index is 0.140. The van der Waals surface area contributed by atoms with E-state index in [9.17, 15) is 4.79 Å². The van der Waals surface area contributed by atoms with Gasteiger partial charge in [-0.05, 0) is 24.5 Å². The first-order valence-corrected chi connectivity index (χ1v) is 9.19. The van der Waals surface area contributed by atoms with Crippen LogP contribution in [0.2, 0.25) is 0 Å². The highest BCUT2D eigenvalue weighted by Crippen LogP contribution is 2.25.